The first-order valence-corrected chi connectivity index (χ1v) is 12.9. The van der Waals surface area contributed by atoms with Crippen LogP contribution in [0.3, 0.4) is 0 Å². The highest BCUT2D eigenvalue weighted by Crippen LogP contribution is 2.26. The summed E-state index contributed by atoms with van der Waals surface area (Å²) < 4.78 is 39.2. The predicted molar refractivity (Wildman–Crippen MR) is 138 cm³/mol. The third kappa shape index (κ3) is 7.23. The molecule has 3 aromatic carbocycles. The minimum atomic E-state index is -3.97. The van der Waals surface area contributed by atoms with Gasteiger partial charge in [0.05, 0.1) is 23.7 Å². The van der Waals surface area contributed by atoms with Crippen LogP contribution in [0.15, 0.2) is 71.6 Å². The number of nitrogens with one attached hydrogen (secondary N) is 1. The highest BCUT2D eigenvalue weighted by atomic mass is 32.2. The Morgan fingerprint density at radius 3 is 2.06 bits per heavy atom. The summed E-state index contributed by atoms with van der Waals surface area (Å²) in [6, 6.07) is 19.1. The second-order valence-corrected chi connectivity index (χ2v) is 10.1. The maximum atomic E-state index is 13.5. The summed E-state index contributed by atoms with van der Waals surface area (Å²) in [6.45, 7) is 8.38. The van der Waals surface area contributed by atoms with E-state index in [0.29, 0.717) is 18.0 Å². The van der Waals surface area contributed by atoms with Gasteiger partial charge >= 0.3 is 0 Å². The fourth-order valence-electron chi connectivity index (χ4n) is 3.59. The second-order valence-electron chi connectivity index (χ2n) is 8.27. The summed E-state index contributed by atoms with van der Waals surface area (Å²) >= 11 is 0. The van der Waals surface area contributed by atoms with Crippen LogP contribution in [0.2, 0.25) is 0 Å². The third-order valence-corrected chi connectivity index (χ3v) is 7.01. The summed E-state index contributed by atoms with van der Waals surface area (Å²) in [4.78, 5) is 12.9. The van der Waals surface area contributed by atoms with Gasteiger partial charge in [-0.2, -0.15) is 0 Å². The summed E-state index contributed by atoms with van der Waals surface area (Å²) in [5.74, 6) is 0.922. The summed E-state index contributed by atoms with van der Waals surface area (Å²) in [6.07, 6.45) is 0. The number of nitrogens with zero attached hydrogens (tertiary/aromatic N) is 1. The van der Waals surface area contributed by atoms with Crippen LogP contribution in [0, 0.1) is 20.8 Å². The van der Waals surface area contributed by atoms with Crippen molar-refractivity contribution < 1.29 is 22.7 Å². The van der Waals surface area contributed by atoms with Gasteiger partial charge in [0.15, 0.2) is 0 Å². The number of sulfonamides is 1. The Labute approximate surface area is 207 Å². The van der Waals surface area contributed by atoms with E-state index in [9.17, 15) is 13.2 Å². The van der Waals surface area contributed by atoms with E-state index in [4.69, 9.17) is 9.47 Å². The Morgan fingerprint density at radius 2 is 1.46 bits per heavy atom. The number of ether oxygens (including phenoxy) is 2. The molecule has 0 unspecified atom stereocenters. The molecule has 1 amide bonds. The molecule has 0 aromatic heterocycles. The smallest absolute Gasteiger partial charge is 0.264 e. The van der Waals surface area contributed by atoms with Gasteiger partial charge in [0, 0.05) is 0 Å². The Balaban J connectivity index is 1.72. The van der Waals surface area contributed by atoms with E-state index >= 15 is 0 Å². The predicted octanol–water partition coefficient (Wildman–Crippen LogP) is 4.40. The molecule has 0 atom stereocenters. The van der Waals surface area contributed by atoms with E-state index < -0.39 is 15.9 Å². The van der Waals surface area contributed by atoms with Crippen LogP contribution in [0.25, 0.3) is 0 Å². The van der Waals surface area contributed by atoms with Gasteiger partial charge in [-0.15, -0.1) is 0 Å². The molecule has 0 aliphatic carbocycles. The Bertz CT molecular complexity index is 1220. The van der Waals surface area contributed by atoms with Crippen molar-refractivity contribution in [2.75, 3.05) is 30.6 Å². The van der Waals surface area contributed by atoms with Crippen molar-refractivity contribution in [3.8, 4) is 11.5 Å². The quantitative estimate of drug-likeness (QED) is 0.398. The van der Waals surface area contributed by atoms with Crippen LogP contribution in [0.1, 0.15) is 23.6 Å². The molecule has 7 nitrogen and oxygen atoms in total. The fourth-order valence-corrected chi connectivity index (χ4v) is 5.01. The van der Waals surface area contributed by atoms with Gasteiger partial charge in [-0.25, -0.2) is 8.42 Å². The zero-order valence-corrected chi connectivity index (χ0v) is 21.4. The topological polar surface area (TPSA) is 84.9 Å². The first kappa shape index (κ1) is 26.1. The summed E-state index contributed by atoms with van der Waals surface area (Å²) in [7, 11) is -3.97. The average Bonchev–Trinajstić information content (AvgIpc) is 2.81. The van der Waals surface area contributed by atoms with Gasteiger partial charge in [0.2, 0.25) is 5.91 Å². The first-order chi connectivity index (χ1) is 16.7. The second kappa shape index (κ2) is 11.8. The van der Waals surface area contributed by atoms with Crippen LogP contribution in [0.5, 0.6) is 11.5 Å². The Morgan fingerprint density at radius 1 is 0.829 bits per heavy atom. The zero-order valence-electron chi connectivity index (χ0n) is 20.6. The van der Waals surface area contributed by atoms with Gasteiger partial charge in [-0.1, -0.05) is 23.8 Å². The third-order valence-electron chi connectivity index (χ3n) is 5.22. The highest BCUT2D eigenvalue weighted by Gasteiger charge is 2.27. The molecule has 186 valence electrons. The summed E-state index contributed by atoms with van der Waals surface area (Å²) in [5.41, 5.74) is 3.50. The number of amides is 1. The number of carbonyl (C=O) groups excluding carboxylic acids is 1. The van der Waals surface area contributed by atoms with E-state index in [1.54, 1.807) is 48.5 Å². The number of hydrogen-bond acceptors (Lipinski definition) is 5. The molecule has 0 bridgehead atoms. The fraction of sp³-hybridized carbons (Fsp3) is 0.296. The summed E-state index contributed by atoms with van der Waals surface area (Å²) in [5, 5.41) is 2.75. The van der Waals surface area contributed by atoms with E-state index in [1.807, 2.05) is 39.8 Å². The lowest BCUT2D eigenvalue weighted by Gasteiger charge is -2.24. The SMILES string of the molecule is CCOc1ccc(N(CC(=O)NCCOc2cc(C)cc(C)c2)S(=O)(=O)c2ccc(C)cc2)cc1. The number of carbonyl (C=O) groups is 1. The minimum Gasteiger partial charge on any atom is -0.494 e. The van der Waals surface area contributed by atoms with Gasteiger partial charge in [-0.05, 0) is 87.4 Å². The van der Waals surface area contributed by atoms with E-state index in [0.717, 1.165) is 26.7 Å². The number of benzene rings is 3. The van der Waals surface area contributed by atoms with Crippen LogP contribution in [0.4, 0.5) is 5.69 Å². The number of rotatable bonds is 11. The molecule has 3 aromatic rings. The van der Waals surface area contributed by atoms with Gasteiger partial charge < -0.3 is 14.8 Å². The van der Waals surface area contributed by atoms with Crippen LogP contribution in [-0.2, 0) is 14.8 Å². The van der Waals surface area contributed by atoms with Gasteiger partial charge in [0.25, 0.3) is 10.0 Å². The van der Waals surface area contributed by atoms with Crippen molar-refractivity contribution in [3.63, 3.8) is 0 Å². The zero-order chi connectivity index (χ0) is 25.4. The number of anilines is 1. The number of aryl methyl sites for hydroxylation is 3. The van der Waals surface area contributed by atoms with Crippen molar-refractivity contribution in [2.45, 2.75) is 32.6 Å². The lowest BCUT2D eigenvalue weighted by atomic mass is 10.1. The molecule has 0 saturated heterocycles. The molecule has 0 fully saturated rings. The lowest BCUT2D eigenvalue weighted by molar-refractivity contribution is -0.119. The Kier molecular flexibility index (Phi) is 8.76. The molecule has 0 saturated carbocycles. The van der Waals surface area contributed by atoms with Crippen molar-refractivity contribution in [2.24, 2.45) is 0 Å². The minimum absolute atomic E-state index is 0.114. The number of hydrogen-bond donors (Lipinski definition) is 1. The highest BCUT2D eigenvalue weighted by molar-refractivity contribution is 7.92. The molecular weight excluding hydrogens is 464 g/mol. The van der Waals surface area contributed by atoms with E-state index in [1.165, 1.54) is 0 Å². The maximum absolute atomic E-state index is 13.5. The maximum Gasteiger partial charge on any atom is 0.264 e. The van der Waals surface area contributed by atoms with Crippen LogP contribution >= 0.6 is 0 Å². The van der Waals surface area contributed by atoms with Crippen molar-refractivity contribution in [1.82, 2.24) is 5.32 Å². The molecule has 0 aliphatic heterocycles. The lowest BCUT2D eigenvalue weighted by Crippen LogP contribution is -2.41. The molecule has 0 radical (unpaired) electrons. The monoisotopic (exact) mass is 496 g/mol. The Hall–Kier alpha value is -3.52. The van der Waals surface area contributed by atoms with E-state index in [-0.39, 0.29) is 24.6 Å². The van der Waals surface area contributed by atoms with Crippen molar-refractivity contribution in [3.05, 3.63) is 83.4 Å². The van der Waals surface area contributed by atoms with Crippen molar-refractivity contribution in [1.29, 1.82) is 0 Å². The standard InChI is InChI=1S/C27H32N2O5S/c1-5-33-24-10-8-23(9-11-24)29(35(31,32)26-12-6-20(2)7-13-26)19-27(30)28-14-15-34-25-17-21(3)16-22(4)18-25/h6-13,16-18H,5,14-15,19H2,1-4H3,(H,28,30). The van der Waals surface area contributed by atoms with E-state index in [2.05, 4.69) is 11.4 Å². The molecule has 0 heterocycles. The molecular formula is C27H32N2O5S. The van der Waals surface area contributed by atoms with Crippen molar-refractivity contribution >= 4 is 21.6 Å². The molecule has 8 heteroatoms. The van der Waals surface area contributed by atoms with Crippen LogP contribution < -0.4 is 19.1 Å². The average molecular weight is 497 g/mol. The van der Waals surface area contributed by atoms with Gasteiger partial charge in [-0.3, -0.25) is 9.10 Å². The molecule has 35 heavy (non-hydrogen) atoms. The van der Waals surface area contributed by atoms with Crippen LogP contribution in [-0.4, -0.2) is 40.6 Å². The molecule has 0 aliphatic rings. The first-order valence-electron chi connectivity index (χ1n) is 11.5. The van der Waals surface area contributed by atoms with Gasteiger partial charge in [0.1, 0.15) is 24.7 Å². The normalized spacial score (nSPS) is 11.1. The molecule has 0 spiro atoms. The molecule has 3 rings (SSSR count). The largest absolute Gasteiger partial charge is 0.494 e. The molecule has 1 N–H and O–H groups in total.